The van der Waals surface area contributed by atoms with Crippen molar-refractivity contribution in [1.29, 1.82) is 0 Å². The number of hydrogen-bond donors (Lipinski definition) is 1. The van der Waals surface area contributed by atoms with Crippen molar-refractivity contribution in [2.75, 3.05) is 0 Å². The maximum absolute atomic E-state index is 5.71. The average molecular weight is 336 g/mol. The lowest BCUT2D eigenvalue weighted by Gasteiger charge is -2.09. The highest BCUT2D eigenvalue weighted by atomic mass is 79.9. The molecule has 0 aliphatic heterocycles. The Labute approximate surface area is 126 Å². The molecule has 0 aliphatic rings. The van der Waals surface area contributed by atoms with Crippen molar-refractivity contribution >= 4 is 33.1 Å². The van der Waals surface area contributed by atoms with Gasteiger partial charge in [-0.05, 0) is 23.3 Å². The summed E-state index contributed by atoms with van der Waals surface area (Å²) in [7, 11) is 0. The second-order valence-electron chi connectivity index (χ2n) is 4.14. The Bertz CT molecular complexity index is 569. The number of benzene rings is 2. The molecule has 2 rings (SSSR count). The SMILES string of the molecule is NC(=S)c1ccccc1COCc1ccc(Br)cc1. The zero-order valence-corrected chi connectivity index (χ0v) is 12.7. The summed E-state index contributed by atoms with van der Waals surface area (Å²) in [5.41, 5.74) is 8.72. The topological polar surface area (TPSA) is 35.2 Å². The van der Waals surface area contributed by atoms with Crippen LogP contribution in [0.4, 0.5) is 0 Å². The number of nitrogens with two attached hydrogens (primary N) is 1. The molecule has 0 bridgehead atoms. The molecule has 0 heterocycles. The molecule has 0 spiro atoms. The molecule has 0 saturated carbocycles. The number of hydrogen-bond acceptors (Lipinski definition) is 2. The molecule has 2 aromatic rings. The highest BCUT2D eigenvalue weighted by Crippen LogP contribution is 2.14. The van der Waals surface area contributed by atoms with E-state index in [1.54, 1.807) is 0 Å². The number of rotatable bonds is 5. The number of halogens is 1. The van der Waals surface area contributed by atoms with E-state index in [1.165, 1.54) is 0 Å². The van der Waals surface area contributed by atoms with Crippen LogP contribution in [0.15, 0.2) is 53.0 Å². The Balaban J connectivity index is 1.96. The maximum atomic E-state index is 5.71. The molecule has 4 heteroatoms. The van der Waals surface area contributed by atoms with Crippen LogP contribution in [-0.2, 0) is 18.0 Å². The van der Waals surface area contributed by atoms with Crippen LogP contribution in [-0.4, -0.2) is 4.99 Å². The number of ether oxygens (including phenoxy) is 1. The van der Waals surface area contributed by atoms with Crippen LogP contribution in [0.3, 0.4) is 0 Å². The second kappa shape index (κ2) is 6.80. The lowest BCUT2D eigenvalue weighted by atomic mass is 10.1. The van der Waals surface area contributed by atoms with E-state index < -0.39 is 0 Å². The van der Waals surface area contributed by atoms with Crippen molar-refractivity contribution in [3.8, 4) is 0 Å². The van der Waals surface area contributed by atoms with Crippen LogP contribution in [0.25, 0.3) is 0 Å². The van der Waals surface area contributed by atoms with E-state index in [4.69, 9.17) is 22.7 Å². The van der Waals surface area contributed by atoms with Gasteiger partial charge in [-0.1, -0.05) is 64.5 Å². The van der Waals surface area contributed by atoms with Crippen LogP contribution in [0.5, 0.6) is 0 Å². The van der Waals surface area contributed by atoms with Gasteiger partial charge in [0.1, 0.15) is 4.99 Å². The van der Waals surface area contributed by atoms with Crippen LogP contribution in [0.2, 0.25) is 0 Å². The first-order chi connectivity index (χ1) is 9.16. The molecular formula is C15H14BrNOS. The van der Waals surface area contributed by atoms with Gasteiger partial charge in [-0.3, -0.25) is 0 Å². The zero-order chi connectivity index (χ0) is 13.7. The molecule has 98 valence electrons. The van der Waals surface area contributed by atoms with Gasteiger partial charge in [0.2, 0.25) is 0 Å². The summed E-state index contributed by atoms with van der Waals surface area (Å²) in [6, 6.07) is 15.8. The Morgan fingerprint density at radius 2 is 1.74 bits per heavy atom. The Kier molecular flexibility index (Phi) is 5.07. The molecule has 0 fully saturated rings. The molecule has 2 N–H and O–H groups in total. The van der Waals surface area contributed by atoms with E-state index in [1.807, 2.05) is 48.5 Å². The van der Waals surface area contributed by atoms with Crippen molar-refractivity contribution in [3.63, 3.8) is 0 Å². The van der Waals surface area contributed by atoms with Crippen molar-refractivity contribution < 1.29 is 4.74 Å². The Morgan fingerprint density at radius 1 is 1.05 bits per heavy atom. The molecule has 0 unspecified atom stereocenters. The van der Waals surface area contributed by atoms with Crippen LogP contribution in [0.1, 0.15) is 16.7 Å². The molecule has 0 atom stereocenters. The first kappa shape index (κ1) is 14.2. The van der Waals surface area contributed by atoms with E-state index in [-0.39, 0.29) is 0 Å². The molecule has 0 saturated heterocycles. The van der Waals surface area contributed by atoms with Crippen molar-refractivity contribution in [2.24, 2.45) is 5.73 Å². The summed E-state index contributed by atoms with van der Waals surface area (Å²) >= 11 is 8.43. The van der Waals surface area contributed by atoms with E-state index in [9.17, 15) is 0 Å². The fraction of sp³-hybridized carbons (Fsp3) is 0.133. The Hall–Kier alpha value is -1.23. The summed E-state index contributed by atoms with van der Waals surface area (Å²) < 4.78 is 6.77. The van der Waals surface area contributed by atoms with Gasteiger partial charge in [-0.2, -0.15) is 0 Å². The summed E-state index contributed by atoms with van der Waals surface area (Å²) in [6.07, 6.45) is 0. The van der Waals surface area contributed by atoms with Gasteiger partial charge in [-0.15, -0.1) is 0 Å². The van der Waals surface area contributed by atoms with Crippen molar-refractivity contribution in [3.05, 3.63) is 69.7 Å². The zero-order valence-electron chi connectivity index (χ0n) is 10.3. The lowest BCUT2D eigenvalue weighted by molar-refractivity contribution is 0.107. The summed E-state index contributed by atoms with van der Waals surface area (Å²) in [6.45, 7) is 1.07. The summed E-state index contributed by atoms with van der Waals surface area (Å²) in [5.74, 6) is 0. The van der Waals surface area contributed by atoms with Crippen LogP contribution in [0, 0.1) is 0 Å². The fourth-order valence-corrected chi connectivity index (χ4v) is 2.21. The third-order valence-corrected chi connectivity index (χ3v) is 3.47. The molecule has 19 heavy (non-hydrogen) atoms. The van der Waals surface area contributed by atoms with E-state index in [0.29, 0.717) is 18.2 Å². The minimum Gasteiger partial charge on any atom is -0.389 e. The van der Waals surface area contributed by atoms with Crippen molar-refractivity contribution in [2.45, 2.75) is 13.2 Å². The van der Waals surface area contributed by atoms with E-state index in [0.717, 1.165) is 21.2 Å². The predicted molar refractivity (Wildman–Crippen MR) is 85.0 cm³/mol. The van der Waals surface area contributed by atoms with Crippen LogP contribution < -0.4 is 5.73 Å². The first-order valence-corrected chi connectivity index (χ1v) is 7.07. The highest BCUT2D eigenvalue weighted by Gasteiger charge is 2.04. The minimum atomic E-state index is 0.405. The fourth-order valence-electron chi connectivity index (χ4n) is 1.75. The van der Waals surface area contributed by atoms with Gasteiger partial charge in [0.15, 0.2) is 0 Å². The van der Waals surface area contributed by atoms with Gasteiger partial charge in [0.25, 0.3) is 0 Å². The molecule has 2 nitrogen and oxygen atoms in total. The second-order valence-corrected chi connectivity index (χ2v) is 5.50. The summed E-state index contributed by atoms with van der Waals surface area (Å²) in [4.78, 5) is 0.405. The molecular weight excluding hydrogens is 322 g/mol. The van der Waals surface area contributed by atoms with Gasteiger partial charge < -0.3 is 10.5 Å². The third-order valence-electron chi connectivity index (χ3n) is 2.72. The van der Waals surface area contributed by atoms with E-state index in [2.05, 4.69) is 15.9 Å². The predicted octanol–water partition coefficient (Wildman–Crippen LogP) is 3.80. The number of thiocarbonyl (C=S) groups is 1. The smallest absolute Gasteiger partial charge is 0.104 e. The lowest BCUT2D eigenvalue weighted by Crippen LogP contribution is -2.12. The molecule has 2 aromatic carbocycles. The first-order valence-electron chi connectivity index (χ1n) is 5.86. The standard InChI is InChI=1S/C15H14BrNOS/c16-13-7-5-11(6-8-13)9-18-10-12-3-1-2-4-14(12)15(17)19/h1-8H,9-10H2,(H2,17,19). The highest BCUT2D eigenvalue weighted by molar-refractivity contribution is 9.10. The largest absolute Gasteiger partial charge is 0.389 e. The third kappa shape index (κ3) is 4.13. The van der Waals surface area contributed by atoms with Gasteiger partial charge in [-0.25, -0.2) is 0 Å². The van der Waals surface area contributed by atoms with E-state index >= 15 is 0 Å². The maximum Gasteiger partial charge on any atom is 0.104 e. The quantitative estimate of drug-likeness (QED) is 0.844. The Morgan fingerprint density at radius 3 is 2.42 bits per heavy atom. The van der Waals surface area contributed by atoms with Gasteiger partial charge in [0.05, 0.1) is 13.2 Å². The molecule has 0 radical (unpaired) electrons. The molecule has 0 amide bonds. The summed E-state index contributed by atoms with van der Waals surface area (Å²) in [5, 5.41) is 0. The monoisotopic (exact) mass is 335 g/mol. The van der Waals surface area contributed by atoms with Crippen LogP contribution >= 0.6 is 28.1 Å². The van der Waals surface area contributed by atoms with Gasteiger partial charge >= 0.3 is 0 Å². The van der Waals surface area contributed by atoms with Crippen molar-refractivity contribution in [1.82, 2.24) is 0 Å². The molecule has 0 aliphatic carbocycles. The average Bonchev–Trinajstić information content (AvgIpc) is 2.41. The normalized spacial score (nSPS) is 10.4. The minimum absolute atomic E-state index is 0.405. The molecule has 0 aromatic heterocycles. The van der Waals surface area contributed by atoms with Gasteiger partial charge in [0, 0.05) is 10.0 Å².